The Labute approximate surface area is 150 Å². The van der Waals surface area contributed by atoms with E-state index >= 15 is 0 Å². The number of thiocarbonyl (C=S) groups is 1. The molecule has 2 rings (SSSR count). The summed E-state index contributed by atoms with van der Waals surface area (Å²) in [6.07, 6.45) is 2.18. The van der Waals surface area contributed by atoms with Crippen molar-refractivity contribution in [2.24, 2.45) is 5.92 Å². The fourth-order valence-electron chi connectivity index (χ4n) is 2.55. The molecule has 24 heavy (non-hydrogen) atoms. The Kier molecular flexibility index (Phi) is 7.56. The van der Waals surface area contributed by atoms with E-state index in [9.17, 15) is 0 Å². The molecule has 0 heterocycles. The molecule has 0 amide bonds. The van der Waals surface area contributed by atoms with Crippen LogP contribution in [0.15, 0.2) is 54.6 Å². The van der Waals surface area contributed by atoms with Gasteiger partial charge < -0.3 is 15.4 Å². The molecule has 2 N–H and O–H groups in total. The minimum absolute atomic E-state index is 0.557. The average molecular weight is 343 g/mol. The summed E-state index contributed by atoms with van der Waals surface area (Å²) < 4.78 is 5.51. The zero-order valence-corrected chi connectivity index (χ0v) is 15.2. The predicted molar refractivity (Wildman–Crippen MR) is 106 cm³/mol. The smallest absolute Gasteiger partial charge is 0.170 e. The lowest BCUT2D eigenvalue weighted by atomic mass is 9.97. The molecule has 2 aromatic rings. The zero-order valence-electron chi connectivity index (χ0n) is 14.4. The number of nitrogens with one attached hydrogen (secondary N) is 2. The molecule has 3 nitrogen and oxygen atoms in total. The summed E-state index contributed by atoms with van der Waals surface area (Å²) in [5.74, 6) is 1.41. The average Bonchev–Trinajstić information content (AvgIpc) is 2.60. The molecular weight excluding hydrogens is 316 g/mol. The largest absolute Gasteiger partial charge is 0.494 e. The van der Waals surface area contributed by atoms with Crippen molar-refractivity contribution in [3.05, 3.63) is 60.2 Å². The Morgan fingerprint density at radius 3 is 2.58 bits per heavy atom. The van der Waals surface area contributed by atoms with E-state index in [2.05, 4.69) is 47.9 Å². The highest BCUT2D eigenvalue weighted by atomic mass is 32.1. The Hall–Kier alpha value is -2.07. The highest BCUT2D eigenvalue weighted by molar-refractivity contribution is 7.80. The Morgan fingerprint density at radius 2 is 1.88 bits per heavy atom. The van der Waals surface area contributed by atoms with Crippen LogP contribution in [0.3, 0.4) is 0 Å². The lowest BCUT2D eigenvalue weighted by Gasteiger charge is -2.18. The number of hydrogen-bond acceptors (Lipinski definition) is 2. The molecule has 0 aliphatic heterocycles. The van der Waals surface area contributed by atoms with Crippen LogP contribution in [0.2, 0.25) is 0 Å². The van der Waals surface area contributed by atoms with Crippen LogP contribution in [0, 0.1) is 5.92 Å². The molecule has 0 bridgehead atoms. The van der Waals surface area contributed by atoms with Crippen molar-refractivity contribution in [2.75, 3.05) is 18.5 Å². The molecule has 0 aliphatic carbocycles. The second kappa shape index (κ2) is 9.93. The van der Waals surface area contributed by atoms with Crippen LogP contribution in [0.25, 0.3) is 0 Å². The molecule has 0 spiro atoms. The summed E-state index contributed by atoms with van der Waals surface area (Å²) >= 11 is 5.41. The standard InChI is InChI=1S/C20H26N2OS/c1-3-16(13-17-9-6-5-7-10-17)15-21-20(24)22-18-11-8-12-19(14-18)23-4-2/h5-12,14,16H,3-4,13,15H2,1-2H3,(H2,21,22,24)/t16-/m1/s1. The van der Waals surface area contributed by atoms with Gasteiger partial charge in [0, 0.05) is 18.3 Å². The van der Waals surface area contributed by atoms with E-state index in [-0.39, 0.29) is 0 Å². The van der Waals surface area contributed by atoms with Crippen molar-refractivity contribution in [2.45, 2.75) is 26.7 Å². The number of hydrogen-bond donors (Lipinski definition) is 2. The maximum Gasteiger partial charge on any atom is 0.170 e. The third-order valence-electron chi connectivity index (χ3n) is 3.90. The van der Waals surface area contributed by atoms with Crippen LogP contribution in [0.4, 0.5) is 5.69 Å². The minimum Gasteiger partial charge on any atom is -0.494 e. The first-order valence-electron chi connectivity index (χ1n) is 8.53. The number of benzene rings is 2. The van der Waals surface area contributed by atoms with Gasteiger partial charge in [0.1, 0.15) is 5.75 Å². The van der Waals surface area contributed by atoms with Crippen LogP contribution in [-0.4, -0.2) is 18.3 Å². The molecule has 4 heteroatoms. The lowest BCUT2D eigenvalue weighted by molar-refractivity contribution is 0.340. The highest BCUT2D eigenvalue weighted by Crippen LogP contribution is 2.17. The molecule has 0 aliphatic rings. The minimum atomic E-state index is 0.557. The van der Waals surface area contributed by atoms with Crippen LogP contribution < -0.4 is 15.4 Å². The van der Waals surface area contributed by atoms with Gasteiger partial charge in [-0.3, -0.25) is 0 Å². The maximum atomic E-state index is 5.51. The van der Waals surface area contributed by atoms with Gasteiger partial charge in [0.25, 0.3) is 0 Å². The highest BCUT2D eigenvalue weighted by Gasteiger charge is 2.08. The van der Waals surface area contributed by atoms with Crippen molar-refractivity contribution in [1.82, 2.24) is 5.32 Å². The van der Waals surface area contributed by atoms with Crippen LogP contribution >= 0.6 is 12.2 Å². The van der Waals surface area contributed by atoms with Crippen molar-refractivity contribution >= 4 is 23.0 Å². The predicted octanol–water partition coefficient (Wildman–Crippen LogP) is 4.64. The van der Waals surface area contributed by atoms with Gasteiger partial charge in [-0.05, 0) is 49.2 Å². The molecule has 1 atom stereocenters. The summed E-state index contributed by atoms with van der Waals surface area (Å²) in [5.41, 5.74) is 2.31. The molecule has 0 aromatic heterocycles. The van der Waals surface area contributed by atoms with Crippen molar-refractivity contribution in [3.8, 4) is 5.75 Å². The third kappa shape index (κ3) is 6.20. The zero-order chi connectivity index (χ0) is 17.2. The normalized spacial score (nSPS) is 11.6. The first kappa shape index (κ1) is 18.3. The summed E-state index contributed by atoms with van der Waals surface area (Å²) in [5, 5.41) is 7.21. The SMILES string of the molecule is CCOc1cccc(NC(=S)NC[C@H](CC)Cc2ccccc2)c1. The molecule has 0 unspecified atom stereocenters. The summed E-state index contributed by atoms with van der Waals surface area (Å²) in [4.78, 5) is 0. The van der Waals surface area contributed by atoms with Gasteiger partial charge in [-0.25, -0.2) is 0 Å². The van der Waals surface area contributed by atoms with E-state index < -0.39 is 0 Å². The van der Waals surface area contributed by atoms with Gasteiger partial charge in [0.2, 0.25) is 0 Å². The molecule has 2 aromatic carbocycles. The van der Waals surface area contributed by atoms with Gasteiger partial charge in [0.15, 0.2) is 5.11 Å². The van der Waals surface area contributed by atoms with Crippen molar-refractivity contribution in [3.63, 3.8) is 0 Å². The van der Waals surface area contributed by atoms with E-state index in [4.69, 9.17) is 17.0 Å². The quantitative estimate of drug-likeness (QED) is 0.685. The van der Waals surface area contributed by atoms with Crippen molar-refractivity contribution in [1.29, 1.82) is 0 Å². The molecule has 0 fully saturated rings. The van der Waals surface area contributed by atoms with Gasteiger partial charge in [-0.1, -0.05) is 49.7 Å². The lowest BCUT2D eigenvalue weighted by Crippen LogP contribution is -2.33. The van der Waals surface area contributed by atoms with E-state index in [1.54, 1.807) is 0 Å². The van der Waals surface area contributed by atoms with Gasteiger partial charge in [-0.2, -0.15) is 0 Å². The Bertz CT molecular complexity index is 631. The monoisotopic (exact) mass is 342 g/mol. The van der Waals surface area contributed by atoms with E-state index in [0.717, 1.165) is 30.8 Å². The second-order valence-corrected chi connectivity index (χ2v) is 6.17. The van der Waals surface area contributed by atoms with Gasteiger partial charge in [-0.15, -0.1) is 0 Å². The van der Waals surface area contributed by atoms with E-state index in [0.29, 0.717) is 17.6 Å². The second-order valence-electron chi connectivity index (χ2n) is 5.76. The molecule has 0 radical (unpaired) electrons. The summed E-state index contributed by atoms with van der Waals surface area (Å²) in [6.45, 7) is 5.72. The Balaban J connectivity index is 1.82. The first-order chi connectivity index (χ1) is 11.7. The molecule has 0 saturated carbocycles. The van der Waals surface area contributed by atoms with Gasteiger partial charge >= 0.3 is 0 Å². The topological polar surface area (TPSA) is 33.3 Å². The van der Waals surface area contributed by atoms with Crippen LogP contribution in [0.5, 0.6) is 5.75 Å². The molecule has 128 valence electrons. The number of anilines is 1. The first-order valence-corrected chi connectivity index (χ1v) is 8.93. The van der Waals surface area contributed by atoms with Crippen molar-refractivity contribution < 1.29 is 4.74 Å². The summed E-state index contributed by atoms with van der Waals surface area (Å²) in [6, 6.07) is 18.4. The molecular formula is C20H26N2OS. The fourth-order valence-corrected chi connectivity index (χ4v) is 2.75. The van der Waals surface area contributed by atoms with E-state index in [1.807, 2.05) is 31.2 Å². The fraction of sp³-hybridized carbons (Fsp3) is 0.350. The molecule has 0 saturated heterocycles. The third-order valence-corrected chi connectivity index (χ3v) is 4.15. The Morgan fingerprint density at radius 1 is 1.08 bits per heavy atom. The number of rotatable bonds is 8. The van der Waals surface area contributed by atoms with Crippen LogP contribution in [-0.2, 0) is 6.42 Å². The number of ether oxygens (including phenoxy) is 1. The van der Waals surface area contributed by atoms with E-state index in [1.165, 1.54) is 5.56 Å². The maximum absolute atomic E-state index is 5.51. The summed E-state index contributed by atoms with van der Waals surface area (Å²) in [7, 11) is 0. The van der Waals surface area contributed by atoms with Gasteiger partial charge in [0.05, 0.1) is 6.61 Å². The van der Waals surface area contributed by atoms with Crippen LogP contribution in [0.1, 0.15) is 25.8 Å².